The van der Waals surface area contributed by atoms with Crippen LogP contribution in [-0.4, -0.2) is 38.6 Å². The summed E-state index contributed by atoms with van der Waals surface area (Å²) in [5, 5.41) is 14.1. The Morgan fingerprint density at radius 2 is 2.05 bits per heavy atom. The quantitative estimate of drug-likeness (QED) is 0.869. The molecule has 1 fully saturated rings. The first-order valence-electron chi connectivity index (χ1n) is 5.92. The van der Waals surface area contributed by atoms with E-state index in [0.717, 1.165) is 23.0 Å². The fraction of sp³-hybridized carbons (Fsp3) is 0.250. The lowest BCUT2D eigenvalue weighted by molar-refractivity contribution is -0.117. The van der Waals surface area contributed by atoms with Crippen LogP contribution in [0, 0.1) is 0 Å². The smallest absolute Gasteiger partial charge is 0.242 e. The van der Waals surface area contributed by atoms with Gasteiger partial charge < -0.3 is 5.32 Å². The van der Waals surface area contributed by atoms with Crippen LogP contribution in [-0.2, 0) is 4.79 Å². The van der Waals surface area contributed by atoms with E-state index in [0.29, 0.717) is 0 Å². The lowest BCUT2D eigenvalue weighted by Gasteiger charge is -2.10. The van der Waals surface area contributed by atoms with Crippen molar-refractivity contribution in [3.05, 3.63) is 36.7 Å². The van der Waals surface area contributed by atoms with Crippen LogP contribution in [0.2, 0.25) is 0 Å². The van der Waals surface area contributed by atoms with Gasteiger partial charge in [0.1, 0.15) is 0 Å². The molecule has 1 saturated heterocycles. The van der Waals surface area contributed by atoms with Crippen LogP contribution in [0.15, 0.2) is 36.7 Å². The van der Waals surface area contributed by atoms with Crippen LogP contribution in [0.4, 0.5) is 5.69 Å². The molecule has 6 nitrogen and oxygen atoms in total. The third-order valence-corrected chi connectivity index (χ3v) is 3.76. The maximum Gasteiger partial charge on any atom is 0.242 e. The van der Waals surface area contributed by atoms with E-state index >= 15 is 0 Å². The number of hydrogen-bond acceptors (Lipinski definition) is 5. The summed E-state index contributed by atoms with van der Waals surface area (Å²) < 4.78 is 0. The zero-order valence-electron chi connectivity index (χ0n) is 10.1. The second-order valence-electron chi connectivity index (χ2n) is 4.13. The van der Waals surface area contributed by atoms with Crippen molar-refractivity contribution in [1.82, 2.24) is 20.3 Å². The number of nitrogens with one attached hydrogen (secondary N) is 2. The zero-order chi connectivity index (χ0) is 13.1. The summed E-state index contributed by atoms with van der Waals surface area (Å²) in [5.41, 5.74) is 1.64. The highest BCUT2D eigenvalue weighted by Crippen LogP contribution is 2.14. The summed E-state index contributed by atoms with van der Waals surface area (Å²) >= 11 is 1.73. The fourth-order valence-electron chi connectivity index (χ4n) is 1.82. The summed E-state index contributed by atoms with van der Waals surface area (Å²) in [7, 11) is 0. The first-order valence-corrected chi connectivity index (χ1v) is 7.07. The van der Waals surface area contributed by atoms with Crippen LogP contribution in [0.1, 0.15) is 0 Å². The molecule has 2 N–H and O–H groups in total. The van der Waals surface area contributed by atoms with Crippen molar-refractivity contribution >= 4 is 23.4 Å². The number of hydrogen-bond donors (Lipinski definition) is 2. The lowest BCUT2D eigenvalue weighted by Crippen LogP contribution is -2.37. The van der Waals surface area contributed by atoms with E-state index in [1.807, 2.05) is 24.3 Å². The Labute approximate surface area is 114 Å². The van der Waals surface area contributed by atoms with Crippen LogP contribution in [0.25, 0.3) is 5.69 Å². The minimum Gasteiger partial charge on any atom is -0.325 e. The van der Waals surface area contributed by atoms with Gasteiger partial charge in [0, 0.05) is 17.3 Å². The summed E-state index contributed by atoms with van der Waals surface area (Å²) in [6, 6.07) is 7.33. The van der Waals surface area contributed by atoms with E-state index in [9.17, 15) is 4.79 Å². The number of carbonyl (C=O) groups is 1. The predicted molar refractivity (Wildman–Crippen MR) is 74.2 cm³/mol. The van der Waals surface area contributed by atoms with E-state index in [1.165, 1.54) is 4.80 Å². The predicted octanol–water partition coefficient (Wildman–Crippen LogP) is 0.868. The first-order chi connectivity index (χ1) is 9.33. The van der Waals surface area contributed by atoms with Crippen molar-refractivity contribution in [2.45, 2.75) is 6.04 Å². The molecule has 0 spiro atoms. The Morgan fingerprint density at radius 1 is 1.32 bits per heavy atom. The fourth-order valence-corrected chi connectivity index (χ4v) is 2.76. The van der Waals surface area contributed by atoms with Gasteiger partial charge in [-0.05, 0) is 24.3 Å². The Balaban J connectivity index is 1.67. The Bertz CT molecular complexity index is 548. The van der Waals surface area contributed by atoms with Gasteiger partial charge in [-0.25, -0.2) is 0 Å². The molecule has 98 valence electrons. The maximum absolute atomic E-state index is 11.9. The molecule has 1 aliphatic heterocycles. The normalized spacial score (nSPS) is 18.4. The van der Waals surface area contributed by atoms with E-state index in [2.05, 4.69) is 20.8 Å². The highest BCUT2D eigenvalue weighted by atomic mass is 32.2. The zero-order valence-corrected chi connectivity index (χ0v) is 10.9. The SMILES string of the molecule is O=C(Nc1ccc(-n2nccn2)cc1)C1CSCN1. The van der Waals surface area contributed by atoms with Gasteiger partial charge >= 0.3 is 0 Å². The number of aromatic nitrogens is 3. The molecule has 1 aromatic carbocycles. The minimum atomic E-state index is -0.0996. The van der Waals surface area contributed by atoms with Crippen LogP contribution >= 0.6 is 11.8 Å². The number of carbonyl (C=O) groups excluding carboxylic acids is 1. The molecule has 0 radical (unpaired) electrons. The number of rotatable bonds is 3. The molecule has 1 aliphatic rings. The first kappa shape index (κ1) is 12.2. The molecule has 1 atom stereocenters. The third-order valence-electron chi connectivity index (χ3n) is 2.82. The monoisotopic (exact) mass is 275 g/mol. The number of amides is 1. The molecule has 0 saturated carbocycles. The number of thioether (sulfide) groups is 1. The molecule has 19 heavy (non-hydrogen) atoms. The second kappa shape index (κ2) is 5.41. The highest BCUT2D eigenvalue weighted by molar-refractivity contribution is 7.99. The molecule has 1 amide bonds. The van der Waals surface area contributed by atoms with E-state index in [1.54, 1.807) is 24.2 Å². The maximum atomic E-state index is 11.9. The molecule has 2 heterocycles. The molecule has 0 aliphatic carbocycles. The number of anilines is 1. The van der Waals surface area contributed by atoms with Gasteiger partial charge in [-0.2, -0.15) is 15.0 Å². The molecular formula is C12H13N5OS. The van der Waals surface area contributed by atoms with Gasteiger partial charge in [-0.3, -0.25) is 10.1 Å². The third kappa shape index (κ3) is 2.77. The highest BCUT2D eigenvalue weighted by Gasteiger charge is 2.22. The summed E-state index contributed by atoms with van der Waals surface area (Å²) in [5.74, 6) is 1.67. The standard InChI is InChI=1S/C12H13N5OS/c18-12(11-7-19-8-13-11)16-9-1-3-10(4-2-9)17-14-5-6-15-17/h1-6,11,13H,7-8H2,(H,16,18). The van der Waals surface area contributed by atoms with E-state index in [4.69, 9.17) is 0 Å². The van der Waals surface area contributed by atoms with Gasteiger partial charge in [0.25, 0.3) is 0 Å². The lowest BCUT2D eigenvalue weighted by atomic mass is 10.2. The molecular weight excluding hydrogens is 262 g/mol. The van der Waals surface area contributed by atoms with Gasteiger partial charge in [0.15, 0.2) is 0 Å². The molecule has 0 bridgehead atoms. The van der Waals surface area contributed by atoms with Crippen LogP contribution in [0.5, 0.6) is 0 Å². The van der Waals surface area contributed by atoms with E-state index < -0.39 is 0 Å². The Kier molecular flexibility index (Phi) is 3.47. The van der Waals surface area contributed by atoms with Gasteiger partial charge in [0.05, 0.1) is 24.1 Å². The average molecular weight is 275 g/mol. The van der Waals surface area contributed by atoms with Crippen molar-refractivity contribution in [3.8, 4) is 5.69 Å². The van der Waals surface area contributed by atoms with Crippen molar-refractivity contribution in [2.75, 3.05) is 16.9 Å². The van der Waals surface area contributed by atoms with E-state index in [-0.39, 0.29) is 11.9 Å². The number of nitrogens with zero attached hydrogens (tertiary/aromatic N) is 3. The van der Waals surface area contributed by atoms with Gasteiger partial charge in [-0.15, -0.1) is 11.8 Å². The molecule has 2 aromatic rings. The summed E-state index contributed by atoms with van der Waals surface area (Å²) in [4.78, 5) is 13.4. The van der Waals surface area contributed by atoms with Crippen LogP contribution in [0.3, 0.4) is 0 Å². The second-order valence-corrected chi connectivity index (χ2v) is 5.16. The summed E-state index contributed by atoms with van der Waals surface area (Å²) in [6.45, 7) is 0. The Morgan fingerprint density at radius 3 is 2.68 bits per heavy atom. The largest absolute Gasteiger partial charge is 0.325 e. The number of benzene rings is 1. The average Bonchev–Trinajstić information content (AvgIpc) is 3.13. The van der Waals surface area contributed by atoms with Crippen molar-refractivity contribution in [2.24, 2.45) is 0 Å². The van der Waals surface area contributed by atoms with Crippen LogP contribution < -0.4 is 10.6 Å². The van der Waals surface area contributed by atoms with Gasteiger partial charge in [0.2, 0.25) is 5.91 Å². The molecule has 7 heteroatoms. The van der Waals surface area contributed by atoms with Crippen molar-refractivity contribution in [1.29, 1.82) is 0 Å². The molecule has 3 rings (SSSR count). The molecule has 1 unspecified atom stereocenters. The minimum absolute atomic E-state index is 0.00923. The van der Waals surface area contributed by atoms with Crippen molar-refractivity contribution < 1.29 is 4.79 Å². The molecule has 1 aromatic heterocycles. The topological polar surface area (TPSA) is 71.8 Å². The van der Waals surface area contributed by atoms with Crippen molar-refractivity contribution in [3.63, 3.8) is 0 Å². The summed E-state index contributed by atoms with van der Waals surface area (Å²) in [6.07, 6.45) is 3.25. The van der Waals surface area contributed by atoms with Gasteiger partial charge in [-0.1, -0.05) is 0 Å². The Hall–Kier alpha value is -1.86.